The van der Waals surface area contributed by atoms with E-state index in [4.69, 9.17) is 4.74 Å². The first-order valence-corrected chi connectivity index (χ1v) is 8.75. The lowest BCUT2D eigenvalue weighted by molar-refractivity contribution is -0.141. The van der Waals surface area contributed by atoms with Crippen LogP contribution in [0.3, 0.4) is 0 Å². The molecule has 0 radical (unpaired) electrons. The van der Waals surface area contributed by atoms with Gasteiger partial charge >= 0.3 is 5.97 Å². The minimum absolute atomic E-state index is 0.0154. The normalized spacial score (nSPS) is 13.9. The van der Waals surface area contributed by atoms with E-state index in [2.05, 4.69) is 39.6 Å². The van der Waals surface area contributed by atoms with Crippen molar-refractivity contribution in [3.8, 4) is 0 Å². The first kappa shape index (κ1) is 15.7. The fraction of sp³-hybridized carbons (Fsp3) is 0.357. The van der Waals surface area contributed by atoms with Gasteiger partial charge in [0.05, 0.1) is 19.6 Å². The van der Waals surface area contributed by atoms with Gasteiger partial charge in [0.1, 0.15) is 0 Å². The molecule has 2 heterocycles. The van der Waals surface area contributed by atoms with E-state index in [-0.39, 0.29) is 18.1 Å². The molecule has 2 atom stereocenters. The zero-order chi connectivity index (χ0) is 14.5. The summed E-state index contributed by atoms with van der Waals surface area (Å²) in [4.78, 5) is 14.0. The van der Waals surface area contributed by atoms with Crippen molar-refractivity contribution in [2.45, 2.75) is 25.4 Å². The Kier molecular flexibility index (Phi) is 5.77. The van der Waals surface area contributed by atoms with Crippen molar-refractivity contribution in [2.24, 2.45) is 0 Å². The number of ether oxygens (including phenoxy) is 1. The molecule has 0 aromatic carbocycles. The zero-order valence-electron chi connectivity index (χ0n) is 11.3. The molecule has 3 nitrogen and oxygen atoms in total. The number of esters is 1. The van der Waals surface area contributed by atoms with Gasteiger partial charge in [-0.2, -0.15) is 0 Å². The zero-order valence-corrected chi connectivity index (χ0v) is 14.5. The van der Waals surface area contributed by atoms with Crippen molar-refractivity contribution in [1.82, 2.24) is 5.32 Å². The number of carbonyl (C=O) groups excluding carboxylic acids is 1. The lowest BCUT2D eigenvalue weighted by atomic mass is 10.1. The van der Waals surface area contributed by atoms with Gasteiger partial charge in [-0.3, -0.25) is 4.79 Å². The molecule has 0 saturated heterocycles. The van der Waals surface area contributed by atoms with Gasteiger partial charge in [-0.25, -0.2) is 0 Å². The molecule has 0 spiro atoms. The minimum atomic E-state index is -0.199. The Morgan fingerprint density at radius 2 is 2.25 bits per heavy atom. The van der Waals surface area contributed by atoms with Gasteiger partial charge < -0.3 is 10.1 Å². The van der Waals surface area contributed by atoms with E-state index >= 15 is 0 Å². The lowest BCUT2D eigenvalue weighted by Gasteiger charge is -2.21. The highest BCUT2D eigenvalue weighted by molar-refractivity contribution is 9.10. The van der Waals surface area contributed by atoms with Gasteiger partial charge in [-0.05, 0) is 40.4 Å². The molecule has 2 rings (SSSR count). The van der Waals surface area contributed by atoms with Crippen molar-refractivity contribution < 1.29 is 9.53 Å². The molecule has 0 aliphatic carbocycles. The predicted molar refractivity (Wildman–Crippen MR) is 87.3 cm³/mol. The molecular formula is C14H16BrNO2S2. The second-order valence-electron chi connectivity index (χ2n) is 4.40. The third kappa shape index (κ3) is 4.15. The molecule has 20 heavy (non-hydrogen) atoms. The van der Waals surface area contributed by atoms with Crippen LogP contribution in [0.5, 0.6) is 0 Å². The summed E-state index contributed by atoms with van der Waals surface area (Å²) in [6.45, 7) is 2.11. The summed E-state index contributed by atoms with van der Waals surface area (Å²) in [5.74, 6) is -0.199. The van der Waals surface area contributed by atoms with Crippen molar-refractivity contribution in [3.63, 3.8) is 0 Å². The summed E-state index contributed by atoms with van der Waals surface area (Å²) < 4.78 is 5.88. The van der Waals surface area contributed by atoms with E-state index in [9.17, 15) is 4.79 Å². The van der Waals surface area contributed by atoms with Crippen LogP contribution in [0.15, 0.2) is 33.4 Å². The monoisotopic (exact) mass is 373 g/mol. The molecule has 0 bridgehead atoms. The Morgan fingerprint density at radius 3 is 2.80 bits per heavy atom. The summed E-state index contributed by atoms with van der Waals surface area (Å²) >= 11 is 6.82. The topological polar surface area (TPSA) is 38.3 Å². The molecule has 108 valence electrons. The quantitative estimate of drug-likeness (QED) is 0.756. The van der Waals surface area contributed by atoms with Crippen molar-refractivity contribution >= 4 is 44.6 Å². The number of hydrogen-bond acceptors (Lipinski definition) is 5. The number of thiophene rings is 2. The maximum Gasteiger partial charge on any atom is 0.307 e. The van der Waals surface area contributed by atoms with Crippen LogP contribution in [0.4, 0.5) is 0 Å². The van der Waals surface area contributed by atoms with Crippen LogP contribution in [0.1, 0.15) is 35.2 Å². The summed E-state index contributed by atoms with van der Waals surface area (Å²) in [7, 11) is 1.42. The van der Waals surface area contributed by atoms with Gasteiger partial charge in [0.2, 0.25) is 0 Å². The molecule has 2 aromatic rings. The number of nitrogens with one attached hydrogen (secondary N) is 1. The molecule has 1 N–H and O–H groups in total. The van der Waals surface area contributed by atoms with Crippen LogP contribution in [0.25, 0.3) is 0 Å². The van der Waals surface area contributed by atoms with E-state index < -0.39 is 0 Å². The molecule has 0 amide bonds. The van der Waals surface area contributed by atoms with Crippen molar-refractivity contribution in [1.29, 1.82) is 0 Å². The van der Waals surface area contributed by atoms with Crippen molar-refractivity contribution in [3.05, 3.63) is 43.2 Å². The smallest absolute Gasteiger partial charge is 0.307 e. The predicted octanol–water partition coefficient (Wildman–Crippen LogP) is 4.53. The Labute approximate surface area is 135 Å². The fourth-order valence-corrected chi connectivity index (χ4v) is 4.17. The average Bonchev–Trinajstić information content (AvgIpc) is 3.08. The Morgan fingerprint density at radius 1 is 1.45 bits per heavy atom. The first-order chi connectivity index (χ1) is 9.60. The van der Waals surface area contributed by atoms with Gasteiger partial charge in [-0.1, -0.05) is 6.07 Å². The van der Waals surface area contributed by atoms with Crippen LogP contribution < -0.4 is 5.32 Å². The number of rotatable bonds is 6. The molecule has 0 aliphatic heterocycles. The van der Waals surface area contributed by atoms with Gasteiger partial charge in [0, 0.05) is 25.6 Å². The van der Waals surface area contributed by atoms with Crippen LogP contribution >= 0.6 is 38.6 Å². The summed E-state index contributed by atoms with van der Waals surface area (Å²) in [5, 5.41) is 7.60. The molecule has 6 heteroatoms. The highest BCUT2D eigenvalue weighted by Crippen LogP contribution is 2.30. The lowest BCUT2D eigenvalue weighted by Crippen LogP contribution is -2.26. The van der Waals surface area contributed by atoms with Crippen LogP contribution in [-0.4, -0.2) is 13.1 Å². The third-order valence-corrected chi connectivity index (χ3v) is 5.81. The summed E-state index contributed by atoms with van der Waals surface area (Å²) in [6.07, 6.45) is 0.341. The van der Waals surface area contributed by atoms with Crippen LogP contribution in [0.2, 0.25) is 0 Å². The summed E-state index contributed by atoms with van der Waals surface area (Å²) in [5.41, 5.74) is 0. The number of carbonyl (C=O) groups is 1. The third-order valence-electron chi connectivity index (χ3n) is 2.95. The Hall–Kier alpha value is -0.690. The second-order valence-corrected chi connectivity index (χ2v) is 7.24. The average molecular weight is 374 g/mol. The maximum atomic E-state index is 11.6. The Bertz CT molecular complexity index is 553. The fourth-order valence-electron chi connectivity index (χ4n) is 1.92. The second kappa shape index (κ2) is 7.36. The molecule has 0 aliphatic rings. The number of methoxy groups -OCH3 is 1. The Balaban J connectivity index is 2.09. The molecule has 2 aromatic heterocycles. The van der Waals surface area contributed by atoms with Gasteiger partial charge in [-0.15, -0.1) is 22.7 Å². The number of halogens is 1. The van der Waals surface area contributed by atoms with E-state index in [0.29, 0.717) is 6.42 Å². The van der Waals surface area contributed by atoms with Gasteiger partial charge in [0.15, 0.2) is 0 Å². The standard InChI is InChI=1S/C14H16BrNO2S2/c1-9(13-6-10(15)8-20-13)16-11(7-14(17)18-2)12-4-3-5-19-12/h3-6,8-9,11,16H,7H2,1-2H3. The van der Waals surface area contributed by atoms with Crippen LogP contribution in [0, 0.1) is 0 Å². The molecule has 2 unspecified atom stereocenters. The maximum absolute atomic E-state index is 11.6. The minimum Gasteiger partial charge on any atom is -0.469 e. The van der Waals surface area contributed by atoms with E-state index in [0.717, 1.165) is 9.35 Å². The molecule has 0 saturated carbocycles. The molecular weight excluding hydrogens is 358 g/mol. The largest absolute Gasteiger partial charge is 0.469 e. The van der Waals surface area contributed by atoms with E-state index in [1.807, 2.05) is 17.5 Å². The van der Waals surface area contributed by atoms with Crippen LogP contribution in [-0.2, 0) is 9.53 Å². The highest BCUT2D eigenvalue weighted by Gasteiger charge is 2.20. The highest BCUT2D eigenvalue weighted by atomic mass is 79.9. The SMILES string of the molecule is COC(=O)CC(NC(C)c1cc(Br)cs1)c1cccs1. The van der Waals surface area contributed by atoms with E-state index in [1.165, 1.54) is 12.0 Å². The first-order valence-electron chi connectivity index (χ1n) is 6.20. The molecule has 0 fully saturated rings. The number of hydrogen-bond donors (Lipinski definition) is 1. The summed E-state index contributed by atoms with van der Waals surface area (Å²) in [6, 6.07) is 6.31. The van der Waals surface area contributed by atoms with Crippen molar-refractivity contribution in [2.75, 3.05) is 7.11 Å². The van der Waals surface area contributed by atoms with E-state index in [1.54, 1.807) is 22.7 Å². The van der Waals surface area contributed by atoms with Gasteiger partial charge in [0.25, 0.3) is 0 Å².